The molecule has 1 saturated heterocycles. The highest BCUT2D eigenvalue weighted by molar-refractivity contribution is 5.25. The van der Waals surface area contributed by atoms with Crippen LogP contribution in [0.5, 0.6) is 0 Å². The summed E-state index contributed by atoms with van der Waals surface area (Å²) in [6.07, 6.45) is 0.939. The molecule has 1 fully saturated rings. The standard InChI is InChI=1S/C23H28N4O/c1-18-8-6-7-11-21(18)16-27-23(24-19(2)25-27)14-22-17-26(12-13-28-22)15-20-9-4-3-5-10-20/h3-11,22H,12-17H2,1-2H3. The van der Waals surface area contributed by atoms with Gasteiger partial charge in [-0.05, 0) is 30.5 Å². The monoisotopic (exact) mass is 376 g/mol. The Morgan fingerprint density at radius 3 is 2.61 bits per heavy atom. The highest BCUT2D eigenvalue weighted by atomic mass is 16.5. The van der Waals surface area contributed by atoms with Crippen molar-refractivity contribution in [1.29, 1.82) is 0 Å². The molecule has 0 aliphatic carbocycles. The summed E-state index contributed by atoms with van der Waals surface area (Å²) >= 11 is 0. The molecule has 1 aliphatic rings. The summed E-state index contributed by atoms with van der Waals surface area (Å²) in [5.41, 5.74) is 3.91. The summed E-state index contributed by atoms with van der Waals surface area (Å²) in [4.78, 5) is 7.16. The van der Waals surface area contributed by atoms with Crippen LogP contribution in [0.1, 0.15) is 28.3 Å². The van der Waals surface area contributed by atoms with E-state index >= 15 is 0 Å². The van der Waals surface area contributed by atoms with Crippen LogP contribution in [-0.2, 0) is 24.2 Å². The van der Waals surface area contributed by atoms with Crippen molar-refractivity contribution in [3.8, 4) is 0 Å². The first-order valence-corrected chi connectivity index (χ1v) is 10.00. The van der Waals surface area contributed by atoms with Crippen LogP contribution in [0, 0.1) is 13.8 Å². The minimum atomic E-state index is 0.150. The number of rotatable bonds is 6. The van der Waals surface area contributed by atoms with Gasteiger partial charge in [-0.25, -0.2) is 9.67 Å². The number of aromatic nitrogens is 3. The van der Waals surface area contributed by atoms with Crippen LogP contribution in [0.2, 0.25) is 0 Å². The van der Waals surface area contributed by atoms with Crippen LogP contribution in [-0.4, -0.2) is 45.5 Å². The number of benzene rings is 2. The average molecular weight is 377 g/mol. The van der Waals surface area contributed by atoms with E-state index in [1.165, 1.54) is 16.7 Å². The molecule has 0 bridgehead atoms. The fraction of sp³-hybridized carbons (Fsp3) is 0.391. The molecular weight excluding hydrogens is 348 g/mol. The molecule has 1 atom stereocenters. The lowest BCUT2D eigenvalue weighted by atomic mass is 10.1. The molecule has 0 amide bonds. The molecule has 5 heteroatoms. The van der Waals surface area contributed by atoms with Crippen molar-refractivity contribution in [2.75, 3.05) is 19.7 Å². The molecule has 3 aromatic rings. The Balaban J connectivity index is 1.43. The molecule has 2 heterocycles. The molecule has 2 aromatic carbocycles. The van der Waals surface area contributed by atoms with Crippen molar-refractivity contribution >= 4 is 0 Å². The second-order valence-electron chi connectivity index (χ2n) is 7.58. The van der Waals surface area contributed by atoms with E-state index < -0.39 is 0 Å². The molecule has 1 aromatic heterocycles. The Kier molecular flexibility index (Phi) is 5.84. The summed E-state index contributed by atoms with van der Waals surface area (Å²) in [6.45, 7) is 8.48. The smallest absolute Gasteiger partial charge is 0.147 e. The summed E-state index contributed by atoms with van der Waals surface area (Å²) < 4.78 is 8.10. The second kappa shape index (κ2) is 8.67. The number of nitrogens with zero attached hydrogens (tertiary/aromatic N) is 4. The summed E-state index contributed by atoms with van der Waals surface area (Å²) in [6, 6.07) is 19.1. The van der Waals surface area contributed by atoms with E-state index in [0.717, 1.165) is 50.9 Å². The largest absolute Gasteiger partial charge is 0.375 e. The van der Waals surface area contributed by atoms with Crippen LogP contribution in [0.4, 0.5) is 0 Å². The lowest BCUT2D eigenvalue weighted by Gasteiger charge is -2.32. The fourth-order valence-corrected chi connectivity index (χ4v) is 3.82. The van der Waals surface area contributed by atoms with Gasteiger partial charge in [-0.15, -0.1) is 0 Å². The Labute approximate surface area is 167 Å². The van der Waals surface area contributed by atoms with Crippen LogP contribution < -0.4 is 0 Å². The number of ether oxygens (including phenoxy) is 1. The Morgan fingerprint density at radius 2 is 1.79 bits per heavy atom. The predicted octanol–water partition coefficient (Wildman–Crippen LogP) is 3.39. The normalized spacial score (nSPS) is 17.7. The second-order valence-corrected chi connectivity index (χ2v) is 7.58. The molecule has 0 radical (unpaired) electrons. The third-order valence-corrected chi connectivity index (χ3v) is 5.32. The molecular formula is C23H28N4O. The highest BCUT2D eigenvalue weighted by Crippen LogP contribution is 2.16. The third-order valence-electron chi connectivity index (χ3n) is 5.32. The van der Waals surface area contributed by atoms with Gasteiger partial charge < -0.3 is 4.74 Å². The van der Waals surface area contributed by atoms with E-state index in [4.69, 9.17) is 9.72 Å². The van der Waals surface area contributed by atoms with Gasteiger partial charge in [0.2, 0.25) is 0 Å². The number of hydrogen-bond acceptors (Lipinski definition) is 4. The molecule has 4 rings (SSSR count). The van der Waals surface area contributed by atoms with Crippen molar-refractivity contribution in [2.24, 2.45) is 0 Å². The lowest BCUT2D eigenvalue weighted by molar-refractivity contribution is -0.0317. The SMILES string of the molecule is Cc1nc(CC2CN(Cc3ccccc3)CCO2)n(Cc2ccccc2C)n1. The third kappa shape index (κ3) is 4.66. The van der Waals surface area contributed by atoms with Crippen molar-refractivity contribution in [3.05, 3.63) is 82.9 Å². The lowest BCUT2D eigenvalue weighted by Crippen LogP contribution is -2.43. The van der Waals surface area contributed by atoms with Gasteiger partial charge >= 0.3 is 0 Å². The summed E-state index contributed by atoms with van der Waals surface area (Å²) in [5.74, 6) is 1.83. The summed E-state index contributed by atoms with van der Waals surface area (Å²) in [7, 11) is 0. The molecule has 1 unspecified atom stereocenters. The molecule has 28 heavy (non-hydrogen) atoms. The zero-order valence-electron chi connectivity index (χ0n) is 16.7. The van der Waals surface area contributed by atoms with E-state index in [0.29, 0.717) is 0 Å². The van der Waals surface area contributed by atoms with Crippen molar-refractivity contribution in [1.82, 2.24) is 19.7 Å². The minimum Gasteiger partial charge on any atom is -0.375 e. The van der Waals surface area contributed by atoms with E-state index in [9.17, 15) is 0 Å². The molecule has 146 valence electrons. The maximum Gasteiger partial charge on any atom is 0.147 e. The minimum absolute atomic E-state index is 0.150. The van der Waals surface area contributed by atoms with Gasteiger partial charge in [0.25, 0.3) is 0 Å². The topological polar surface area (TPSA) is 43.2 Å². The van der Waals surface area contributed by atoms with Gasteiger partial charge in [0, 0.05) is 26.1 Å². The maximum atomic E-state index is 6.07. The van der Waals surface area contributed by atoms with Crippen molar-refractivity contribution in [2.45, 2.75) is 39.5 Å². The van der Waals surface area contributed by atoms with Gasteiger partial charge in [0.1, 0.15) is 11.6 Å². The van der Waals surface area contributed by atoms with Gasteiger partial charge in [0.05, 0.1) is 19.3 Å². The number of hydrogen-bond donors (Lipinski definition) is 0. The quantitative estimate of drug-likeness (QED) is 0.661. The number of morpholine rings is 1. The first kappa shape index (κ1) is 18.8. The fourth-order valence-electron chi connectivity index (χ4n) is 3.82. The predicted molar refractivity (Wildman–Crippen MR) is 110 cm³/mol. The number of aryl methyl sites for hydroxylation is 2. The van der Waals surface area contributed by atoms with Gasteiger partial charge in [-0.2, -0.15) is 5.10 Å². The van der Waals surface area contributed by atoms with E-state index in [1.807, 2.05) is 11.6 Å². The first-order valence-electron chi connectivity index (χ1n) is 10.00. The maximum absolute atomic E-state index is 6.07. The van der Waals surface area contributed by atoms with Gasteiger partial charge in [-0.3, -0.25) is 4.90 Å². The van der Waals surface area contributed by atoms with Crippen LogP contribution >= 0.6 is 0 Å². The molecule has 0 spiro atoms. The Bertz CT molecular complexity index is 906. The first-order chi connectivity index (χ1) is 13.7. The Hall–Kier alpha value is -2.50. The molecule has 1 aliphatic heterocycles. The van der Waals surface area contributed by atoms with E-state index in [-0.39, 0.29) is 6.10 Å². The highest BCUT2D eigenvalue weighted by Gasteiger charge is 2.23. The zero-order chi connectivity index (χ0) is 19.3. The van der Waals surface area contributed by atoms with Crippen molar-refractivity contribution < 1.29 is 4.74 Å². The van der Waals surface area contributed by atoms with Gasteiger partial charge in [-0.1, -0.05) is 54.6 Å². The average Bonchev–Trinajstić information content (AvgIpc) is 3.03. The van der Waals surface area contributed by atoms with Crippen LogP contribution in [0.25, 0.3) is 0 Å². The molecule has 0 saturated carbocycles. The zero-order valence-corrected chi connectivity index (χ0v) is 16.7. The van der Waals surface area contributed by atoms with Crippen LogP contribution in [0.15, 0.2) is 54.6 Å². The molecule has 5 nitrogen and oxygen atoms in total. The van der Waals surface area contributed by atoms with E-state index in [1.54, 1.807) is 0 Å². The van der Waals surface area contributed by atoms with Gasteiger partial charge in [0.15, 0.2) is 0 Å². The van der Waals surface area contributed by atoms with E-state index in [2.05, 4.69) is 71.5 Å². The van der Waals surface area contributed by atoms with Crippen molar-refractivity contribution in [3.63, 3.8) is 0 Å². The summed E-state index contributed by atoms with van der Waals surface area (Å²) in [5, 5.41) is 4.64. The molecule has 0 N–H and O–H groups in total. The van der Waals surface area contributed by atoms with Crippen LogP contribution in [0.3, 0.4) is 0 Å². The Morgan fingerprint density at radius 1 is 1.00 bits per heavy atom.